The minimum atomic E-state index is -3.78. The van der Waals surface area contributed by atoms with Crippen LogP contribution in [-0.4, -0.2) is 48.7 Å². The molecule has 5 N–H and O–H groups in total. The van der Waals surface area contributed by atoms with E-state index in [-0.39, 0.29) is 43.5 Å². The van der Waals surface area contributed by atoms with Crippen molar-refractivity contribution in [2.45, 2.75) is 47.0 Å². The number of amides is 2. The van der Waals surface area contributed by atoms with Gasteiger partial charge in [0.15, 0.2) is 0 Å². The third-order valence-corrected chi connectivity index (χ3v) is 6.92. The SMILES string of the molecule is CC(C)C[C@@H](C(=O)NN(CC(C)C)S(=O)(=O)CCCN)[C@H](C/C=C/c1ccccc1)C(=O)NO. The van der Waals surface area contributed by atoms with Crippen molar-refractivity contribution in [1.29, 1.82) is 0 Å². The maximum Gasteiger partial charge on any atom is 0.247 e. The molecule has 2 amide bonds. The van der Waals surface area contributed by atoms with Gasteiger partial charge in [0.05, 0.1) is 17.6 Å². The molecule has 0 aliphatic heterocycles. The first-order valence-electron chi connectivity index (χ1n) is 11.7. The van der Waals surface area contributed by atoms with Crippen molar-refractivity contribution in [3.8, 4) is 0 Å². The molecule has 0 heterocycles. The van der Waals surface area contributed by atoms with E-state index in [9.17, 15) is 23.2 Å². The second kappa shape index (κ2) is 14.9. The Balaban J connectivity index is 3.19. The molecule has 1 aromatic carbocycles. The van der Waals surface area contributed by atoms with E-state index in [1.165, 1.54) is 0 Å². The monoisotopic (exact) mass is 496 g/mol. The van der Waals surface area contributed by atoms with E-state index < -0.39 is 33.7 Å². The number of benzene rings is 1. The average molecular weight is 497 g/mol. The van der Waals surface area contributed by atoms with E-state index in [1.807, 2.05) is 64.1 Å². The Kier molecular flexibility index (Phi) is 13.0. The molecule has 34 heavy (non-hydrogen) atoms. The molecule has 0 fully saturated rings. The Morgan fingerprint density at radius 2 is 1.71 bits per heavy atom. The highest BCUT2D eigenvalue weighted by atomic mass is 32.2. The molecule has 1 aromatic rings. The predicted molar refractivity (Wildman–Crippen MR) is 134 cm³/mol. The number of nitrogens with two attached hydrogens (primary N) is 1. The minimum Gasteiger partial charge on any atom is -0.330 e. The number of hydrogen-bond acceptors (Lipinski definition) is 6. The van der Waals surface area contributed by atoms with E-state index in [0.29, 0.717) is 6.42 Å². The Bertz CT molecular complexity index is 888. The second-order valence-corrected chi connectivity index (χ2v) is 11.2. The molecule has 0 unspecified atom stereocenters. The summed E-state index contributed by atoms with van der Waals surface area (Å²) >= 11 is 0. The van der Waals surface area contributed by atoms with Crippen LogP contribution >= 0.6 is 0 Å². The molecule has 10 heteroatoms. The van der Waals surface area contributed by atoms with Gasteiger partial charge in [-0.1, -0.05) is 70.2 Å². The van der Waals surface area contributed by atoms with Gasteiger partial charge in [-0.3, -0.25) is 20.2 Å². The smallest absolute Gasteiger partial charge is 0.247 e. The maximum atomic E-state index is 13.4. The Morgan fingerprint density at radius 3 is 2.24 bits per heavy atom. The number of rotatable bonds is 15. The van der Waals surface area contributed by atoms with Crippen LogP contribution in [0.4, 0.5) is 0 Å². The van der Waals surface area contributed by atoms with Crippen LogP contribution in [0.3, 0.4) is 0 Å². The number of hydrazine groups is 1. The van der Waals surface area contributed by atoms with E-state index >= 15 is 0 Å². The average Bonchev–Trinajstić information content (AvgIpc) is 2.78. The summed E-state index contributed by atoms with van der Waals surface area (Å²) < 4.78 is 26.6. The van der Waals surface area contributed by atoms with Crippen LogP contribution in [-0.2, 0) is 19.6 Å². The van der Waals surface area contributed by atoms with Crippen LogP contribution in [0, 0.1) is 23.7 Å². The first kappa shape index (κ1) is 29.8. The zero-order chi connectivity index (χ0) is 25.7. The topological polar surface area (TPSA) is 142 Å². The normalized spacial score (nSPS) is 14.0. The molecule has 192 valence electrons. The molecule has 1 rings (SSSR count). The molecule has 0 aliphatic carbocycles. The molecule has 2 atom stereocenters. The summed E-state index contributed by atoms with van der Waals surface area (Å²) in [4.78, 5) is 25.9. The zero-order valence-corrected chi connectivity index (χ0v) is 21.4. The Labute approximate surface area is 203 Å². The zero-order valence-electron chi connectivity index (χ0n) is 20.6. The van der Waals surface area contributed by atoms with Crippen molar-refractivity contribution < 1.29 is 23.2 Å². The van der Waals surface area contributed by atoms with Gasteiger partial charge in [0.2, 0.25) is 21.8 Å². The fourth-order valence-corrected chi connectivity index (χ4v) is 5.06. The van der Waals surface area contributed by atoms with E-state index in [0.717, 1.165) is 9.98 Å². The van der Waals surface area contributed by atoms with Gasteiger partial charge < -0.3 is 5.73 Å². The standard InChI is InChI=1S/C24H40N4O5S/c1-18(2)16-22(21(24(30)27-31)13-8-12-20-10-6-5-7-11-20)23(29)26-28(17-19(3)4)34(32,33)15-9-14-25/h5-8,10-12,18-19,21-22,31H,9,13-17,25H2,1-4H3,(H,26,29)(H,27,30)/b12-8+/t21-,22+/m0/s1. The number of nitrogens with zero attached hydrogens (tertiary/aromatic N) is 1. The first-order chi connectivity index (χ1) is 16.0. The van der Waals surface area contributed by atoms with Crippen LogP contribution < -0.4 is 16.6 Å². The molecule has 0 saturated carbocycles. The molecule has 0 bridgehead atoms. The fraction of sp³-hybridized carbons (Fsp3) is 0.583. The number of hydroxylamine groups is 1. The van der Waals surface area contributed by atoms with Gasteiger partial charge in [-0.15, -0.1) is 4.41 Å². The number of carbonyl (C=O) groups is 2. The van der Waals surface area contributed by atoms with Crippen LogP contribution in [0.25, 0.3) is 6.08 Å². The van der Waals surface area contributed by atoms with Crippen molar-refractivity contribution in [1.82, 2.24) is 15.3 Å². The fourth-order valence-electron chi connectivity index (χ4n) is 3.56. The summed E-state index contributed by atoms with van der Waals surface area (Å²) in [5.74, 6) is -3.19. The molecule has 0 aliphatic rings. The number of nitrogens with one attached hydrogen (secondary N) is 2. The summed E-state index contributed by atoms with van der Waals surface area (Å²) in [7, 11) is -3.78. The van der Waals surface area contributed by atoms with Crippen LogP contribution in [0.2, 0.25) is 0 Å². The summed E-state index contributed by atoms with van der Waals surface area (Å²) in [5, 5.41) is 9.34. The molecule has 0 radical (unpaired) electrons. The maximum absolute atomic E-state index is 13.4. The van der Waals surface area contributed by atoms with Crippen molar-refractivity contribution in [2.75, 3.05) is 18.8 Å². The largest absolute Gasteiger partial charge is 0.330 e. The molecule has 0 spiro atoms. The predicted octanol–water partition coefficient (Wildman–Crippen LogP) is 2.54. The molecule has 0 aromatic heterocycles. The lowest BCUT2D eigenvalue weighted by atomic mass is 9.82. The Morgan fingerprint density at radius 1 is 1.06 bits per heavy atom. The van der Waals surface area contributed by atoms with E-state index in [1.54, 1.807) is 11.6 Å². The van der Waals surface area contributed by atoms with Gasteiger partial charge in [0.1, 0.15) is 0 Å². The lowest BCUT2D eigenvalue weighted by molar-refractivity contribution is -0.141. The van der Waals surface area contributed by atoms with Gasteiger partial charge in [-0.2, -0.15) is 0 Å². The molecular formula is C24H40N4O5S. The van der Waals surface area contributed by atoms with Crippen LogP contribution in [0.1, 0.15) is 52.5 Å². The number of sulfonamides is 1. The summed E-state index contributed by atoms with van der Waals surface area (Å²) in [6.45, 7) is 7.83. The van der Waals surface area contributed by atoms with Gasteiger partial charge in [0, 0.05) is 6.54 Å². The number of hydrogen-bond donors (Lipinski definition) is 4. The third-order valence-electron chi connectivity index (χ3n) is 5.20. The summed E-state index contributed by atoms with van der Waals surface area (Å²) in [6.07, 6.45) is 4.41. The minimum absolute atomic E-state index is 0.0400. The van der Waals surface area contributed by atoms with Crippen molar-refractivity contribution >= 4 is 27.9 Å². The number of allylic oxidation sites excluding steroid dienone is 1. The third kappa shape index (κ3) is 10.3. The summed E-state index contributed by atoms with van der Waals surface area (Å²) in [5.41, 5.74) is 10.6. The molecule has 9 nitrogen and oxygen atoms in total. The summed E-state index contributed by atoms with van der Waals surface area (Å²) in [6, 6.07) is 9.49. The van der Waals surface area contributed by atoms with Crippen molar-refractivity contribution in [3.05, 3.63) is 42.0 Å². The van der Waals surface area contributed by atoms with E-state index in [2.05, 4.69) is 5.43 Å². The van der Waals surface area contributed by atoms with Crippen LogP contribution in [0.5, 0.6) is 0 Å². The lowest BCUT2D eigenvalue weighted by Crippen LogP contribution is -2.52. The van der Waals surface area contributed by atoms with E-state index in [4.69, 9.17) is 5.73 Å². The van der Waals surface area contributed by atoms with Crippen molar-refractivity contribution in [3.63, 3.8) is 0 Å². The van der Waals surface area contributed by atoms with Gasteiger partial charge >= 0.3 is 0 Å². The van der Waals surface area contributed by atoms with Crippen molar-refractivity contribution in [2.24, 2.45) is 29.4 Å². The first-order valence-corrected chi connectivity index (χ1v) is 13.3. The Hall–Kier alpha value is -2.27. The molecular weight excluding hydrogens is 456 g/mol. The van der Waals surface area contributed by atoms with Gasteiger partial charge in [-0.25, -0.2) is 13.9 Å². The quantitative estimate of drug-likeness (QED) is 0.217. The second-order valence-electron chi connectivity index (χ2n) is 9.23. The van der Waals surface area contributed by atoms with Gasteiger partial charge in [0.25, 0.3) is 0 Å². The highest BCUT2D eigenvalue weighted by Gasteiger charge is 2.36. The highest BCUT2D eigenvalue weighted by molar-refractivity contribution is 7.89. The van der Waals surface area contributed by atoms with Gasteiger partial charge in [-0.05, 0) is 43.2 Å². The molecule has 0 saturated heterocycles. The highest BCUT2D eigenvalue weighted by Crippen LogP contribution is 2.26. The van der Waals surface area contributed by atoms with Crippen LogP contribution in [0.15, 0.2) is 36.4 Å². The number of carbonyl (C=O) groups excluding carboxylic acids is 2. The lowest BCUT2D eigenvalue weighted by Gasteiger charge is -2.30.